The Balaban J connectivity index is 1.87. The molecule has 0 radical (unpaired) electrons. The third-order valence-corrected chi connectivity index (χ3v) is 3.42. The predicted molar refractivity (Wildman–Crippen MR) is 77.1 cm³/mol. The van der Waals surface area contributed by atoms with E-state index in [1.165, 1.54) is 4.40 Å². The zero-order chi connectivity index (χ0) is 15.0. The van der Waals surface area contributed by atoms with Gasteiger partial charge in [-0.25, -0.2) is 9.78 Å². The Morgan fingerprint density at radius 3 is 3.00 bits per heavy atom. The topological polar surface area (TPSA) is 84.2 Å². The van der Waals surface area contributed by atoms with Crippen molar-refractivity contribution < 1.29 is 4.79 Å². The van der Waals surface area contributed by atoms with Gasteiger partial charge in [-0.2, -0.15) is 0 Å². The van der Waals surface area contributed by atoms with E-state index in [0.29, 0.717) is 5.52 Å². The van der Waals surface area contributed by atoms with E-state index in [1.807, 2.05) is 18.5 Å². The van der Waals surface area contributed by atoms with Crippen LogP contribution in [0.4, 0.5) is 0 Å². The van der Waals surface area contributed by atoms with E-state index in [0.717, 1.165) is 5.69 Å². The Morgan fingerprint density at radius 1 is 1.48 bits per heavy atom. The third kappa shape index (κ3) is 2.33. The number of fused-ring (bicyclic) bond motifs is 1. The first-order valence-electron chi connectivity index (χ1n) is 6.54. The fraction of sp³-hybridized carbons (Fsp3) is 0.214. The summed E-state index contributed by atoms with van der Waals surface area (Å²) in [6, 6.07) is 4.96. The summed E-state index contributed by atoms with van der Waals surface area (Å²) in [6.07, 6.45) is 5.02. The minimum absolute atomic E-state index is 0.212. The lowest BCUT2D eigenvalue weighted by atomic mass is 10.2. The van der Waals surface area contributed by atoms with E-state index in [9.17, 15) is 9.59 Å². The van der Waals surface area contributed by atoms with Gasteiger partial charge in [0, 0.05) is 13.2 Å². The number of nitrogens with one attached hydrogen (secondary N) is 2. The Kier molecular flexibility index (Phi) is 3.09. The standard InChI is InChI=1S/C14H15N5O2/c1-9(12-7-15-8-18(12)2)16-13(20)11-6-10-4-3-5-19(10)14(21)17-11/h3-9H,1-2H3,(H,16,20)(H,17,21). The van der Waals surface area contributed by atoms with Crippen molar-refractivity contribution >= 4 is 11.4 Å². The molecule has 3 rings (SSSR count). The van der Waals surface area contributed by atoms with Gasteiger partial charge in [-0.05, 0) is 25.1 Å². The molecule has 0 saturated carbocycles. The van der Waals surface area contributed by atoms with Crippen LogP contribution in [0.15, 0.2) is 41.7 Å². The normalized spacial score (nSPS) is 12.5. The Bertz CT molecular complexity index is 858. The van der Waals surface area contributed by atoms with E-state index in [2.05, 4.69) is 15.3 Å². The highest BCUT2D eigenvalue weighted by atomic mass is 16.2. The maximum Gasteiger partial charge on any atom is 0.330 e. The van der Waals surface area contributed by atoms with Crippen LogP contribution in [0, 0.1) is 0 Å². The maximum atomic E-state index is 12.3. The summed E-state index contributed by atoms with van der Waals surface area (Å²) in [5.41, 5.74) is 1.46. The number of hydrogen-bond acceptors (Lipinski definition) is 3. The molecule has 108 valence electrons. The van der Waals surface area contributed by atoms with Gasteiger partial charge in [-0.3, -0.25) is 9.20 Å². The van der Waals surface area contributed by atoms with Gasteiger partial charge in [0.25, 0.3) is 5.91 Å². The lowest BCUT2D eigenvalue weighted by molar-refractivity contribution is 0.0933. The fourth-order valence-corrected chi connectivity index (χ4v) is 2.31. The number of aromatic amines is 1. The van der Waals surface area contributed by atoms with Crippen LogP contribution < -0.4 is 11.0 Å². The summed E-state index contributed by atoms with van der Waals surface area (Å²) in [5.74, 6) is -0.329. The van der Waals surface area contributed by atoms with Crippen molar-refractivity contribution in [3.8, 4) is 0 Å². The van der Waals surface area contributed by atoms with Gasteiger partial charge in [-0.1, -0.05) is 0 Å². The summed E-state index contributed by atoms with van der Waals surface area (Å²) in [6.45, 7) is 1.86. The molecular formula is C14H15N5O2. The van der Waals surface area contributed by atoms with Crippen molar-refractivity contribution in [1.82, 2.24) is 24.3 Å². The highest BCUT2D eigenvalue weighted by Crippen LogP contribution is 2.11. The molecular weight excluding hydrogens is 270 g/mol. The quantitative estimate of drug-likeness (QED) is 0.748. The zero-order valence-corrected chi connectivity index (χ0v) is 11.7. The van der Waals surface area contributed by atoms with Crippen molar-refractivity contribution in [2.75, 3.05) is 0 Å². The molecule has 1 amide bonds. The van der Waals surface area contributed by atoms with Crippen molar-refractivity contribution in [2.24, 2.45) is 7.05 Å². The van der Waals surface area contributed by atoms with Crippen molar-refractivity contribution in [2.45, 2.75) is 13.0 Å². The second kappa shape index (κ2) is 4.93. The first-order chi connectivity index (χ1) is 10.1. The summed E-state index contributed by atoms with van der Waals surface area (Å²) >= 11 is 0. The molecule has 21 heavy (non-hydrogen) atoms. The molecule has 0 spiro atoms. The van der Waals surface area contributed by atoms with E-state index < -0.39 is 0 Å². The van der Waals surface area contributed by atoms with Gasteiger partial charge >= 0.3 is 5.69 Å². The van der Waals surface area contributed by atoms with Crippen LogP contribution in [0.25, 0.3) is 5.52 Å². The number of H-pyrrole nitrogens is 1. The van der Waals surface area contributed by atoms with Gasteiger partial charge < -0.3 is 14.9 Å². The molecule has 7 heteroatoms. The van der Waals surface area contributed by atoms with E-state index >= 15 is 0 Å². The van der Waals surface area contributed by atoms with E-state index in [4.69, 9.17) is 0 Å². The molecule has 0 aliphatic heterocycles. The highest BCUT2D eigenvalue weighted by Gasteiger charge is 2.15. The monoisotopic (exact) mass is 285 g/mol. The molecule has 3 heterocycles. The van der Waals surface area contributed by atoms with Crippen LogP contribution in [-0.2, 0) is 7.05 Å². The van der Waals surface area contributed by atoms with Crippen LogP contribution in [0.5, 0.6) is 0 Å². The van der Waals surface area contributed by atoms with Crippen LogP contribution in [0.3, 0.4) is 0 Å². The van der Waals surface area contributed by atoms with Crippen molar-refractivity contribution in [1.29, 1.82) is 0 Å². The Morgan fingerprint density at radius 2 is 2.29 bits per heavy atom. The van der Waals surface area contributed by atoms with Gasteiger partial charge in [-0.15, -0.1) is 0 Å². The molecule has 1 unspecified atom stereocenters. The number of carbonyl (C=O) groups is 1. The molecule has 3 aromatic rings. The minimum Gasteiger partial charge on any atom is -0.343 e. The summed E-state index contributed by atoms with van der Waals surface area (Å²) in [4.78, 5) is 30.7. The molecule has 0 aliphatic rings. The molecule has 7 nitrogen and oxygen atoms in total. The first-order valence-corrected chi connectivity index (χ1v) is 6.54. The molecule has 3 aromatic heterocycles. The molecule has 2 N–H and O–H groups in total. The zero-order valence-electron chi connectivity index (χ0n) is 11.7. The fourth-order valence-electron chi connectivity index (χ4n) is 2.31. The predicted octanol–water partition coefficient (Wildman–Crippen LogP) is 0.852. The number of hydrogen-bond donors (Lipinski definition) is 2. The second-order valence-electron chi connectivity index (χ2n) is 4.92. The number of aromatic nitrogens is 4. The molecule has 0 aliphatic carbocycles. The van der Waals surface area contributed by atoms with Gasteiger partial charge in [0.05, 0.1) is 29.8 Å². The lowest BCUT2D eigenvalue weighted by Gasteiger charge is -2.14. The average Bonchev–Trinajstić information content (AvgIpc) is 3.07. The largest absolute Gasteiger partial charge is 0.343 e. The highest BCUT2D eigenvalue weighted by molar-refractivity contribution is 5.93. The summed E-state index contributed by atoms with van der Waals surface area (Å²) in [5, 5.41) is 2.84. The smallest absolute Gasteiger partial charge is 0.330 e. The lowest BCUT2D eigenvalue weighted by Crippen LogP contribution is -2.30. The number of carbonyl (C=O) groups excluding carboxylic acids is 1. The SMILES string of the molecule is CC(NC(=O)c1cc2cccn2c(=O)[nH]1)c1cncn1C. The average molecular weight is 285 g/mol. The Hall–Kier alpha value is -2.83. The number of imidazole rings is 1. The van der Waals surface area contributed by atoms with Gasteiger partial charge in [0.15, 0.2) is 0 Å². The van der Waals surface area contributed by atoms with Gasteiger partial charge in [0.1, 0.15) is 5.69 Å². The van der Waals surface area contributed by atoms with Crippen molar-refractivity contribution in [3.05, 3.63) is 58.8 Å². The molecule has 0 saturated heterocycles. The maximum absolute atomic E-state index is 12.3. The first kappa shape index (κ1) is 13.2. The van der Waals surface area contributed by atoms with E-state index in [-0.39, 0.29) is 23.3 Å². The van der Waals surface area contributed by atoms with Crippen molar-refractivity contribution in [3.63, 3.8) is 0 Å². The van der Waals surface area contributed by atoms with E-state index in [1.54, 1.807) is 36.9 Å². The number of rotatable bonds is 3. The van der Waals surface area contributed by atoms with Crippen LogP contribution in [0.1, 0.15) is 29.1 Å². The molecule has 0 aromatic carbocycles. The van der Waals surface area contributed by atoms with Crippen LogP contribution in [-0.4, -0.2) is 24.8 Å². The minimum atomic E-state index is -0.337. The van der Waals surface area contributed by atoms with Crippen LogP contribution >= 0.6 is 0 Å². The third-order valence-electron chi connectivity index (χ3n) is 3.42. The number of aryl methyl sites for hydroxylation is 1. The summed E-state index contributed by atoms with van der Waals surface area (Å²) in [7, 11) is 1.86. The number of amides is 1. The summed E-state index contributed by atoms with van der Waals surface area (Å²) < 4.78 is 3.28. The second-order valence-corrected chi connectivity index (χ2v) is 4.92. The molecule has 0 fully saturated rings. The number of nitrogens with zero attached hydrogens (tertiary/aromatic N) is 3. The molecule has 0 bridgehead atoms. The molecule has 1 atom stereocenters. The van der Waals surface area contributed by atoms with Gasteiger partial charge in [0.2, 0.25) is 0 Å². The Labute approximate surface area is 120 Å². The van der Waals surface area contributed by atoms with Crippen LogP contribution in [0.2, 0.25) is 0 Å².